The van der Waals surface area contributed by atoms with Crippen LogP contribution in [-0.4, -0.2) is 56.5 Å². The molecule has 0 spiro atoms. The Kier molecular flexibility index (Phi) is 9.88. The molecule has 0 aromatic heterocycles. The number of hydrogen-bond acceptors (Lipinski definition) is 8. The van der Waals surface area contributed by atoms with Crippen LogP contribution in [0.3, 0.4) is 0 Å². The number of amides is 1. The lowest BCUT2D eigenvalue weighted by Crippen LogP contribution is -2.47. The lowest BCUT2D eigenvalue weighted by atomic mass is 10.1. The molecule has 1 atom stereocenters. The lowest BCUT2D eigenvalue weighted by Gasteiger charge is -2.28. The molecule has 1 aromatic carbocycles. The molecule has 0 aliphatic heterocycles. The zero-order valence-electron chi connectivity index (χ0n) is 18.7. The molecule has 1 aromatic rings. The Balaban J connectivity index is 3.20. The average molecular weight is 461 g/mol. The van der Waals surface area contributed by atoms with E-state index >= 15 is 0 Å². The van der Waals surface area contributed by atoms with Gasteiger partial charge in [0.25, 0.3) is 0 Å². The summed E-state index contributed by atoms with van der Waals surface area (Å²) in [5.41, 5.74) is -0.527. The van der Waals surface area contributed by atoms with Gasteiger partial charge in [-0.2, -0.15) is 0 Å². The minimum atomic E-state index is -4.29. The molecule has 0 saturated carbocycles. The van der Waals surface area contributed by atoms with Gasteiger partial charge in [0.15, 0.2) is 6.29 Å². The normalized spacial score (nSPS) is 13.1. The molecule has 3 N–H and O–H groups in total. The Bertz CT molecular complexity index is 858. The first-order valence-corrected chi connectivity index (χ1v) is 11.3. The summed E-state index contributed by atoms with van der Waals surface area (Å²) in [4.78, 5) is 23.1. The molecular formula is C20H32N2O8S. The van der Waals surface area contributed by atoms with Crippen molar-refractivity contribution in [3.63, 3.8) is 0 Å². The maximum atomic E-state index is 13.0. The summed E-state index contributed by atoms with van der Waals surface area (Å²) >= 11 is 0. The van der Waals surface area contributed by atoms with Gasteiger partial charge in [0.2, 0.25) is 15.9 Å². The van der Waals surface area contributed by atoms with Crippen LogP contribution in [0.4, 0.5) is 5.69 Å². The second-order valence-corrected chi connectivity index (χ2v) is 9.34. The van der Waals surface area contributed by atoms with E-state index in [-0.39, 0.29) is 31.2 Å². The molecule has 176 valence electrons. The van der Waals surface area contributed by atoms with Crippen molar-refractivity contribution >= 4 is 27.6 Å². The first-order chi connectivity index (χ1) is 14.3. The predicted octanol–water partition coefficient (Wildman–Crippen LogP) is 2.13. The standard InChI is InChI=1S/C20H32N2O8S/c1-7-28-19(29-8-2)15(12-18(25)30-20(4,5)6)22-31(26,27)17-10-9-14(11-16(17)24)21-13(3)23/h9-11,15,19,22,24H,7-8,12H2,1-6H3,(H,21,23)/t15-/m0/s1. The molecule has 1 rings (SSSR count). The first-order valence-electron chi connectivity index (χ1n) is 9.87. The lowest BCUT2D eigenvalue weighted by molar-refractivity contribution is -0.169. The average Bonchev–Trinajstić information content (AvgIpc) is 2.58. The highest BCUT2D eigenvalue weighted by Gasteiger charge is 2.33. The first kappa shape index (κ1) is 26.8. The highest BCUT2D eigenvalue weighted by molar-refractivity contribution is 7.89. The van der Waals surface area contributed by atoms with Crippen molar-refractivity contribution in [3.8, 4) is 5.75 Å². The van der Waals surface area contributed by atoms with Crippen molar-refractivity contribution < 1.29 is 37.3 Å². The van der Waals surface area contributed by atoms with Crippen LogP contribution in [0.1, 0.15) is 48.0 Å². The Morgan fingerprint density at radius 2 is 1.71 bits per heavy atom. The van der Waals surface area contributed by atoms with Crippen LogP contribution in [0.5, 0.6) is 5.75 Å². The molecule has 0 aliphatic rings. The molecule has 0 unspecified atom stereocenters. The fourth-order valence-electron chi connectivity index (χ4n) is 2.65. The summed E-state index contributed by atoms with van der Waals surface area (Å²) in [5, 5.41) is 12.7. The zero-order chi connectivity index (χ0) is 23.8. The number of sulfonamides is 1. The summed E-state index contributed by atoms with van der Waals surface area (Å²) in [6, 6.07) is 2.47. The van der Waals surface area contributed by atoms with Gasteiger partial charge in [-0.05, 0) is 46.8 Å². The second kappa shape index (κ2) is 11.4. The van der Waals surface area contributed by atoms with Gasteiger partial charge in [0.1, 0.15) is 16.2 Å². The molecule has 11 heteroatoms. The van der Waals surface area contributed by atoms with E-state index in [2.05, 4.69) is 10.0 Å². The van der Waals surface area contributed by atoms with E-state index in [4.69, 9.17) is 14.2 Å². The van der Waals surface area contributed by atoms with E-state index in [1.54, 1.807) is 34.6 Å². The SMILES string of the molecule is CCOC(OCC)[C@H](CC(=O)OC(C)(C)C)NS(=O)(=O)c1ccc(NC(C)=O)cc1O. The largest absolute Gasteiger partial charge is 0.506 e. The maximum absolute atomic E-state index is 13.0. The van der Waals surface area contributed by atoms with Gasteiger partial charge >= 0.3 is 5.97 Å². The Hall–Kier alpha value is -2.21. The fourth-order valence-corrected chi connectivity index (χ4v) is 3.95. The summed E-state index contributed by atoms with van der Waals surface area (Å²) < 4.78 is 44.5. The monoisotopic (exact) mass is 460 g/mol. The molecule has 0 aliphatic carbocycles. The van der Waals surface area contributed by atoms with Crippen molar-refractivity contribution in [2.75, 3.05) is 18.5 Å². The minimum Gasteiger partial charge on any atom is -0.506 e. The number of carbonyl (C=O) groups is 2. The van der Waals surface area contributed by atoms with E-state index in [1.807, 2.05) is 0 Å². The van der Waals surface area contributed by atoms with Crippen LogP contribution >= 0.6 is 0 Å². The third-order valence-corrected chi connectivity index (χ3v) is 5.21. The molecule has 10 nitrogen and oxygen atoms in total. The molecule has 1 amide bonds. The third-order valence-electron chi connectivity index (χ3n) is 3.67. The van der Waals surface area contributed by atoms with Crippen LogP contribution < -0.4 is 10.0 Å². The number of aromatic hydroxyl groups is 1. The summed E-state index contributed by atoms with van der Waals surface area (Å²) in [5.74, 6) is -1.59. The second-order valence-electron chi connectivity index (χ2n) is 7.66. The summed E-state index contributed by atoms with van der Waals surface area (Å²) in [7, 11) is -4.29. The van der Waals surface area contributed by atoms with Crippen LogP contribution in [0.25, 0.3) is 0 Å². The van der Waals surface area contributed by atoms with Gasteiger partial charge in [0.05, 0.1) is 12.5 Å². The topological polar surface area (TPSA) is 140 Å². The fraction of sp³-hybridized carbons (Fsp3) is 0.600. The number of ether oxygens (including phenoxy) is 3. The highest BCUT2D eigenvalue weighted by atomic mass is 32.2. The number of rotatable bonds is 11. The number of phenolic OH excluding ortho intramolecular Hbond substituents is 1. The maximum Gasteiger partial charge on any atom is 0.308 e. The van der Waals surface area contributed by atoms with Gasteiger partial charge in [-0.25, -0.2) is 13.1 Å². The smallest absolute Gasteiger partial charge is 0.308 e. The van der Waals surface area contributed by atoms with Gasteiger partial charge in [0, 0.05) is 31.9 Å². The molecular weight excluding hydrogens is 428 g/mol. The van der Waals surface area contributed by atoms with Gasteiger partial charge in [-0.1, -0.05) is 0 Å². The Morgan fingerprint density at radius 3 is 2.16 bits per heavy atom. The highest BCUT2D eigenvalue weighted by Crippen LogP contribution is 2.27. The number of anilines is 1. The molecule has 0 saturated heterocycles. The molecule has 0 heterocycles. The number of hydrogen-bond donors (Lipinski definition) is 3. The molecule has 0 bridgehead atoms. The summed E-state index contributed by atoms with van der Waals surface area (Å²) in [6.45, 7) is 10.2. The van der Waals surface area contributed by atoms with Crippen molar-refractivity contribution in [3.05, 3.63) is 18.2 Å². The number of esters is 1. The van der Waals surface area contributed by atoms with E-state index in [9.17, 15) is 23.1 Å². The summed E-state index contributed by atoms with van der Waals surface area (Å²) in [6.07, 6.45) is -1.41. The van der Waals surface area contributed by atoms with Crippen molar-refractivity contribution in [2.24, 2.45) is 0 Å². The van der Waals surface area contributed by atoms with E-state index in [0.29, 0.717) is 0 Å². The third kappa shape index (κ3) is 9.21. The molecule has 31 heavy (non-hydrogen) atoms. The number of nitrogens with one attached hydrogen (secondary N) is 2. The van der Waals surface area contributed by atoms with Crippen LogP contribution in [-0.2, 0) is 33.8 Å². The van der Waals surface area contributed by atoms with Gasteiger partial charge < -0.3 is 24.6 Å². The van der Waals surface area contributed by atoms with Gasteiger partial charge in [-0.15, -0.1) is 0 Å². The van der Waals surface area contributed by atoms with E-state index in [0.717, 1.165) is 12.1 Å². The van der Waals surface area contributed by atoms with Crippen molar-refractivity contribution in [1.82, 2.24) is 4.72 Å². The number of phenols is 1. The predicted molar refractivity (Wildman–Crippen MR) is 114 cm³/mol. The van der Waals surface area contributed by atoms with E-state index in [1.165, 1.54) is 13.0 Å². The molecule has 0 fully saturated rings. The minimum absolute atomic E-state index is 0.216. The van der Waals surface area contributed by atoms with Crippen LogP contribution in [0.2, 0.25) is 0 Å². The Morgan fingerprint density at radius 1 is 1.13 bits per heavy atom. The Labute approximate surface area is 183 Å². The quantitative estimate of drug-likeness (QED) is 0.337. The van der Waals surface area contributed by atoms with E-state index < -0.39 is 44.6 Å². The number of carbonyl (C=O) groups excluding carboxylic acids is 2. The van der Waals surface area contributed by atoms with Crippen molar-refractivity contribution in [1.29, 1.82) is 0 Å². The van der Waals surface area contributed by atoms with Crippen molar-refractivity contribution in [2.45, 2.75) is 70.8 Å². The zero-order valence-corrected chi connectivity index (χ0v) is 19.5. The molecule has 0 radical (unpaired) electrons. The van der Waals surface area contributed by atoms with Crippen LogP contribution in [0.15, 0.2) is 23.1 Å². The van der Waals surface area contributed by atoms with Crippen LogP contribution in [0, 0.1) is 0 Å². The number of benzene rings is 1. The van der Waals surface area contributed by atoms with Gasteiger partial charge in [-0.3, -0.25) is 9.59 Å².